The Balaban J connectivity index is 0.000000432. The molecule has 1 heterocycles. The van der Waals surface area contributed by atoms with Crippen LogP contribution in [0.15, 0.2) is 97.3 Å². The number of carbonyl (C=O) groups is 4. The molecule has 1 aromatic heterocycles. The lowest BCUT2D eigenvalue weighted by molar-refractivity contribution is -0.697. The molecule has 4 aromatic rings. The maximum absolute atomic E-state index is 13.6. The molecule has 0 amide bonds. The van der Waals surface area contributed by atoms with Crippen molar-refractivity contribution in [3.05, 3.63) is 108 Å². The molecule has 12 nitrogen and oxygen atoms in total. The van der Waals surface area contributed by atoms with Gasteiger partial charge in [-0.3, -0.25) is 9.59 Å². The number of pyridine rings is 1. The number of hydrogen-bond acceptors (Lipinski definition) is 10. The van der Waals surface area contributed by atoms with Crippen LogP contribution in [-0.4, -0.2) is 98.9 Å². The number of aromatic nitrogens is 1. The summed E-state index contributed by atoms with van der Waals surface area (Å²) in [6.07, 6.45) is 4.79. The second-order valence-corrected chi connectivity index (χ2v) is 17.5. The summed E-state index contributed by atoms with van der Waals surface area (Å²) in [7, 11) is 4.01. The minimum Gasteiger partial charge on any atom is -0.494 e. The molecule has 0 aliphatic heterocycles. The van der Waals surface area contributed by atoms with E-state index in [1.807, 2.05) is 38.6 Å². The molecule has 0 radical (unpaired) electrons. The monoisotopic (exact) mass is 1100 g/mol. The Morgan fingerprint density at radius 1 is 0.605 bits per heavy atom. The normalized spacial score (nSPS) is 12.9. The van der Waals surface area contributed by atoms with Crippen LogP contribution in [0, 0.1) is 11.8 Å². The zero-order valence-corrected chi connectivity index (χ0v) is 42.0. The van der Waals surface area contributed by atoms with Crippen LogP contribution in [0.3, 0.4) is 0 Å². The Labute approximate surface area is 430 Å². The maximum atomic E-state index is 13.6. The summed E-state index contributed by atoms with van der Waals surface area (Å²) in [5.41, 5.74) is 1.95. The Morgan fingerprint density at radius 2 is 1.05 bits per heavy atom. The van der Waals surface area contributed by atoms with E-state index in [1.54, 1.807) is 72.8 Å². The molecule has 420 valence electrons. The number of ether oxygens (including phenoxy) is 5. The third-order valence-corrected chi connectivity index (χ3v) is 11.4. The van der Waals surface area contributed by atoms with Gasteiger partial charge in [-0.15, -0.1) is 0 Å². The molecule has 0 spiro atoms. The SMILES string of the molecule is CCC(CC(C)C(=O)O)C(=O)OCC(F)(F)C(F)(F)C(F)(F)C(F)(F)C(F)(F)C(F)F.CCCCCCCCOc1ccc(C(=O)Oc2ccc(OC(=O)c3ccc(OCC[n+]4ccc(N(C)C)cc4)cc3)cc2)cc1. The fraction of sp³-hybridized carbons (Fsp3) is 0.481. The average Bonchev–Trinajstić information content (AvgIpc) is 3.37. The highest BCUT2D eigenvalue weighted by Crippen LogP contribution is 2.58. The van der Waals surface area contributed by atoms with Crippen molar-refractivity contribution in [1.29, 1.82) is 0 Å². The van der Waals surface area contributed by atoms with Gasteiger partial charge in [0.25, 0.3) is 0 Å². The van der Waals surface area contributed by atoms with Gasteiger partial charge in [0.2, 0.25) is 0 Å². The summed E-state index contributed by atoms with van der Waals surface area (Å²) in [5.74, 6) is -41.2. The van der Waals surface area contributed by atoms with Crippen LogP contribution in [0.25, 0.3) is 0 Å². The van der Waals surface area contributed by atoms with Gasteiger partial charge < -0.3 is 33.7 Å². The molecule has 0 saturated heterocycles. The smallest absolute Gasteiger partial charge is 0.384 e. The van der Waals surface area contributed by atoms with Crippen molar-refractivity contribution < 1.29 is 105 Å². The molecule has 24 heteroatoms. The number of anilines is 1. The van der Waals surface area contributed by atoms with Gasteiger partial charge in [0.05, 0.1) is 29.6 Å². The largest absolute Gasteiger partial charge is 0.494 e. The first kappa shape index (κ1) is 63.5. The van der Waals surface area contributed by atoms with Gasteiger partial charge in [-0.05, 0) is 92.1 Å². The zero-order chi connectivity index (χ0) is 57.1. The number of carbonyl (C=O) groups excluding carboxylic acids is 3. The van der Waals surface area contributed by atoms with E-state index in [-0.39, 0.29) is 6.42 Å². The summed E-state index contributed by atoms with van der Waals surface area (Å²) in [6, 6.07) is 24.2. The van der Waals surface area contributed by atoms with E-state index in [2.05, 4.69) is 21.1 Å². The van der Waals surface area contributed by atoms with Gasteiger partial charge in [0.1, 0.15) is 29.6 Å². The molecule has 0 aliphatic carbocycles. The maximum Gasteiger partial charge on any atom is 0.384 e. The number of carboxylic acid groups (broad SMARTS) is 1. The molecule has 1 N–H and O–H groups in total. The Kier molecular flexibility index (Phi) is 23.7. The average molecular weight is 1100 g/mol. The molecule has 2 atom stereocenters. The minimum atomic E-state index is -7.71. The summed E-state index contributed by atoms with van der Waals surface area (Å²) < 4.78 is 185. The number of aliphatic carboxylic acids is 1. The van der Waals surface area contributed by atoms with Crippen molar-refractivity contribution in [2.24, 2.45) is 11.8 Å². The summed E-state index contributed by atoms with van der Waals surface area (Å²) in [6.45, 7) is 3.32. The second-order valence-electron chi connectivity index (χ2n) is 17.5. The van der Waals surface area contributed by atoms with Gasteiger partial charge in [-0.25, -0.2) is 22.9 Å². The van der Waals surface area contributed by atoms with Crippen molar-refractivity contribution in [1.82, 2.24) is 0 Å². The minimum absolute atomic E-state index is 0.298. The lowest BCUT2D eigenvalue weighted by Crippen LogP contribution is -2.69. The molecule has 0 aliphatic rings. The summed E-state index contributed by atoms with van der Waals surface area (Å²) >= 11 is 0. The first-order valence-electron chi connectivity index (χ1n) is 23.8. The molecule has 0 fully saturated rings. The lowest BCUT2D eigenvalue weighted by atomic mass is 9.93. The molecule has 0 saturated carbocycles. The van der Waals surface area contributed by atoms with E-state index in [9.17, 15) is 71.9 Å². The van der Waals surface area contributed by atoms with Gasteiger partial charge in [-0.2, -0.15) is 43.9 Å². The highest BCUT2D eigenvalue weighted by atomic mass is 19.4. The van der Waals surface area contributed by atoms with Gasteiger partial charge in [0, 0.05) is 31.9 Å². The summed E-state index contributed by atoms with van der Waals surface area (Å²) in [4.78, 5) is 49.7. The topological polar surface area (TPSA) is 142 Å². The van der Waals surface area contributed by atoms with Crippen LogP contribution in [0.5, 0.6) is 23.0 Å². The van der Waals surface area contributed by atoms with E-state index >= 15 is 0 Å². The van der Waals surface area contributed by atoms with Gasteiger partial charge in [0.15, 0.2) is 25.5 Å². The third-order valence-electron chi connectivity index (χ3n) is 11.4. The molecule has 4 rings (SSSR count). The highest BCUT2D eigenvalue weighted by molar-refractivity contribution is 5.92. The second kappa shape index (κ2) is 28.4. The van der Waals surface area contributed by atoms with E-state index in [4.69, 9.17) is 24.1 Å². The van der Waals surface area contributed by atoms with Crippen molar-refractivity contribution >= 4 is 29.6 Å². The van der Waals surface area contributed by atoms with Crippen molar-refractivity contribution in [3.63, 3.8) is 0 Å². The Bertz CT molecular complexity index is 2450. The number of benzene rings is 3. The van der Waals surface area contributed by atoms with Crippen LogP contribution in [0.2, 0.25) is 0 Å². The van der Waals surface area contributed by atoms with Crippen molar-refractivity contribution in [2.45, 2.75) is 115 Å². The quantitative estimate of drug-likeness (QED) is 0.0183. The van der Waals surface area contributed by atoms with Crippen molar-refractivity contribution in [2.75, 3.05) is 38.8 Å². The van der Waals surface area contributed by atoms with Crippen LogP contribution < -0.4 is 28.4 Å². The summed E-state index contributed by atoms with van der Waals surface area (Å²) in [5, 5.41) is 8.70. The first-order valence-corrected chi connectivity index (χ1v) is 23.8. The van der Waals surface area contributed by atoms with E-state index < -0.39 is 84.8 Å². The number of esters is 3. The Morgan fingerprint density at radius 3 is 1.49 bits per heavy atom. The fourth-order valence-corrected chi connectivity index (χ4v) is 6.62. The van der Waals surface area contributed by atoms with Crippen LogP contribution in [0.4, 0.5) is 58.4 Å². The van der Waals surface area contributed by atoms with Crippen LogP contribution in [0.1, 0.15) is 92.9 Å². The first-order chi connectivity index (χ1) is 35.5. The van der Waals surface area contributed by atoms with Crippen LogP contribution >= 0.6 is 0 Å². The number of halogens is 12. The Hall–Kier alpha value is -6.75. The zero-order valence-electron chi connectivity index (χ0n) is 42.0. The number of nitrogens with zero attached hydrogens (tertiary/aromatic N) is 2. The van der Waals surface area contributed by atoms with Crippen LogP contribution in [-0.2, 0) is 20.9 Å². The highest BCUT2D eigenvalue weighted by Gasteiger charge is 2.88. The van der Waals surface area contributed by atoms with E-state index in [0.29, 0.717) is 48.1 Å². The van der Waals surface area contributed by atoms with Crippen molar-refractivity contribution in [3.8, 4) is 23.0 Å². The van der Waals surface area contributed by atoms with E-state index in [1.165, 1.54) is 39.0 Å². The fourth-order valence-electron chi connectivity index (χ4n) is 6.62. The lowest BCUT2D eigenvalue weighted by Gasteiger charge is -2.39. The number of carboxylic acids is 1. The van der Waals surface area contributed by atoms with Gasteiger partial charge in [-0.1, -0.05) is 52.9 Å². The molecule has 76 heavy (non-hydrogen) atoms. The predicted molar refractivity (Wildman–Crippen MR) is 251 cm³/mol. The standard InChI is InChI=1S/C37H43N2O6.C15H16F12O4/c1-4-5-6-7-8-9-27-42-32-14-10-29(11-15-32)36(40)44-34-18-20-35(21-19-34)45-37(41)30-12-16-33(17-13-30)43-28-26-39-24-22-31(23-25-39)38(2)3;1-3-7(4-6(2)8(28)29)9(30)31-5-11(18,19)13(22,23)15(26,27)14(24,25)12(20,21)10(16)17/h10-25H,4-9,26-28H2,1-3H3;6-7,10H,3-5H2,1-2H3,(H,28,29)/q+1;. The number of unbranched alkanes of at least 4 members (excludes halogenated alkanes) is 5. The molecular weight excluding hydrogens is 1040 g/mol. The van der Waals surface area contributed by atoms with E-state index in [0.717, 1.165) is 24.8 Å². The molecule has 3 aromatic carbocycles. The predicted octanol–water partition coefficient (Wildman–Crippen LogP) is 12.4. The van der Waals surface area contributed by atoms with Gasteiger partial charge >= 0.3 is 59.9 Å². The number of alkyl halides is 12. The third kappa shape index (κ3) is 17.4. The molecule has 0 bridgehead atoms. The number of rotatable bonds is 29. The number of hydrogen-bond donors (Lipinski definition) is 1. The molecule has 2 unspecified atom stereocenters. The molecular formula is C52H59F12N2O10+.